The minimum Gasteiger partial charge on any atom is -0.440 e. The van der Waals surface area contributed by atoms with Crippen LogP contribution in [0.3, 0.4) is 0 Å². The number of nitriles is 1. The van der Waals surface area contributed by atoms with Crippen molar-refractivity contribution in [3.63, 3.8) is 0 Å². The van der Waals surface area contributed by atoms with Gasteiger partial charge in [0.25, 0.3) is 0 Å². The topological polar surface area (TPSA) is 59.0 Å². The quantitative estimate of drug-likeness (QED) is 0.742. The molecule has 0 bridgehead atoms. The van der Waals surface area contributed by atoms with Crippen molar-refractivity contribution in [1.82, 2.24) is 0 Å². The van der Waals surface area contributed by atoms with Crippen LogP contribution in [0.1, 0.15) is 35.4 Å². The second-order valence-electron chi connectivity index (χ2n) is 6.34. The Hall–Kier alpha value is -2.51. The molecule has 2 aromatic rings. The first-order valence-corrected chi connectivity index (χ1v) is 9.12. The van der Waals surface area contributed by atoms with E-state index < -0.39 is 0 Å². The molecule has 25 heavy (non-hydrogen) atoms. The number of halogens is 1. The lowest BCUT2D eigenvalue weighted by Gasteiger charge is -2.29. The van der Waals surface area contributed by atoms with E-state index >= 15 is 0 Å². The number of hydrogen-bond acceptors (Lipinski definition) is 3. The van der Waals surface area contributed by atoms with Gasteiger partial charge in [-0.1, -0.05) is 52.3 Å². The van der Waals surface area contributed by atoms with Crippen molar-refractivity contribution in [1.29, 1.82) is 5.26 Å². The predicted octanol–water partition coefficient (Wildman–Crippen LogP) is 5.00. The second-order valence-corrected chi connectivity index (χ2v) is 7.26. The molecule has 1 atom stereocenters. The van der Waals surface area contributed by atoms with E-state index in [0.29, 0.717) is 5.57 Å². The molecule has 0 fully saturated rings. The van der Waals surface area contributed by atoms with Crippen LogP contribution in [0.2, 0.25) is 0 Å². The number of fused-ring (bicyclic) bond motifs is 2. The van der Waals surface area contributed by atoms with Crippen LogP contribution in [0, 0.1) is 11.3 Å². The fourth-order valence-corrected chi connectivity index (χ4v) is 4.00. The molecule has 1 heterocycles. The van der Waals surface area contributed by atoms with Gasteiger partial charge in [0, 0.05) is 16.0 Å². The summed E-state index contributed by atoms with van der Waals surface area (Å²) in [4.78, 5) is 0. The molecule has 0 aromatic heterocycles. The Labute approximate surface area is 155 Å². The maximum absolute atomic E-state index is 9.70. The molecule has 1 unspecified atom stereocenters. The molecular weight excluding hydrogens is 376 g/mol. The smallest absolute Gasteiger partial charge is 0.205 e. The molecule has 0 radical (unpaired) electrons. The first kappa shape index (κ1) is 16.0. The molecule has 1 aliphatic carbocycles. The van der Waals surface area contributed by atoms with E-state index in [1.54, 1.807) is 0 Å². The van der Waals surface area contributed by atoms with Gasteiger partial charge in [-0.05, 0) is 48.1 Å². The van der Waals surface area contributed by atoms with E-state index in [1.165, 1.54) is 5.56 Å². The lowest BCUT2D eigenvalue weighted by molar-refractivity contribution is 0.353. The largest absolute Gasteiger partial charge is 0.440 e. The van der Waals surface area contributed by atoms with Gasteiger partial charge in [0.2, 0.25) is 5.88 Å². The number of aryl methyl sites for hydroxylation is 1. The summed E-state index contributed by atoms with van der Waals surface area (Å²) >= 11 is 3.48. The molecule has 3 nitrogen and oxygen atoms in total. The van der Waals surface area contributed by atoms with Crippen LogP contribution < -0.4 is 5.73 Å². The molecule has 0 spiro atoms. The first-order chi connectivity index (χ1) is 12.2. The third-order valence-electron chi connectivity index (χ3n) is 4.88. The summed E-state index contributed by atoms with van der Waals surface area (Å²) in [6, 6.07) is 18.7. The van der Waals surface area contributed by atoms with E-state index in [4.69, 9.17) is 10.5 Å². The summed E-state index contributed by atoms with van der Waals surface area (Å²) in [5, 5.41) is 9.70. The molecule has 0 amide bonds. The molecule has 0 saturated carbocycles. The highest BCUT2D eigenvalue weighted by atomic mass is 79.9. The Morgan fingerprint density at radius 2 is 1.84 bits per heavy atom. The zero-order valence-corrected chi connectivity index (χ0v) is 15.2. The van der Waals surface area contributed by atoms with E-state index in [1.807, 2.05) is 30.3 Å². The Bertz CT molecular complexity index is 935. The maximum atomic E-state index is 9.70. The first-order valence-electron chi connectivity index (χ1n) is 8.33. The third kappa shape index (κ3) is 2.75. The number of allylic oxidation sites excluding steroid dienone is 2. The lowest BCUT2D eigenvalue weighted by Crippen LogP contribution is -2.20. The number of benzene rings is 2. The van der Waals surface area contributed by atoms with Gasteiger partial charge in [0.15, 0.2) is 0 Å². The highest BCUT2D eigenvalue weighted by Gasteiger charge is 2.34. The highest BCUT2D eigenvalue weighted by molar-refractivity contribution is 9.10. The highest BCUT2D eigenvalue weighted by Crippen LogP contribution is 2.46. The Balaban J connectivity index is 1.93. The van der Waals surface area contributed by atoms with E-state index in [9.17, 15) is 5.26 Å². The van der Waals surface area contributed by atoms with Crippen LogP contribution in [0.25, 0.3) is 5.76 Å². The van der Waals surface area contributed by atoms with Crippen LogP contribution in [-0.4, -0.2) is 0 Å². The molecule has 2 aliphatic rings. The van der Waals surface area contributed by atoms with Gasteiger partial charge >= 0.3 is 0 Å². The van der Waals surface area contributed by atoms with Crippen LogP contribution in [0.15, 0.2) is 70.0 Å². The number of ether oxygens (including phenoxy) is 1. The summed E-state index contributed by atoms with van der Waals surface area (Å²) in [7, 11) is 0. The number of nitrogens with zero attached hydrogens (tertiary/aromatic N) is 1. The van der Waals surface area contributed by atoms with Gasteiger partial charge in [-0.15, -0.1) is 0 Å². The standard InChI is InChI=1S/C21H17BrN2O/c22-15-10-8-14(9-11-15)19-17-7-3-5-13-4-1-2-6-16(13)20(17)25-21(24)18(19)12-23/h1-2,4,6,8-11,19H,3,5,7,24H2. The zero-order chi connectivity index (χ0) is 17.4. The lowest BCUT2D eigenvalue weighted by atomic mass is 9.81. The third-order valence-corrected chi connectivity index (χ3v) is 5.41. The number of rotatable bonds is 1. The molecule has 1 aliphatic heterocycles. The van der Waals surface area contributed by atoms with Crippen LogP contribution in [0.4, 0.5) is 0 Å². The Morgan fingerprint density at radius 1 is 1.08 bits per heavy atom. The zero-order valence-electron chi connectivity index (χ0n) is 13.6. The number of nitrogens with two attached hydrogens (primary N) is 1. The summed E-state index contributed by atoms with van der Waals surface area (Å²) in [6.07, 6.45) is 2.93. The normalized spacial score (nSPS) is 19.4. The van der Waals surface area contributed by atoms with Crippen molar-refractivity contribution < 1.29 is 4.74 Å². The van der Waals surface area contributed by atoms with Crippen molar-refractivity contribution in [2.75, 3.05) is 0 Å². The summed E-state index contributed by atoms with van der Waals surface area (Å²) < 4.78 is 6.99. The predicted molar refractivity (Wildman–Crippen MR) is 101 cm³/mol. The second kappa shape index (κ2) is 6.42. The molecule has 4 heteroatoms. The van der Waals surface area contributed by atoms with Crippen LogP contribution in [0.5, 0.6) is 0 Å². The van der Waals surface area contributed by atoms with Crippen LogP contribution >= 0.6 is 15.9 Å². The maximum Gasteiger partial charge on any atom is 0.205 e. The van der Waals surface area contributed by atoms with Crippen molar-refractivity contribution >= 4 is 21.7 Å². The van der Waals surface area contributed by atoms with Gasteiger partial charge in [-0.25, -0.2) is 0 Å². The van der Waals surface area contributed by atoms with Gasteiger partial charge in [-0.3, -0.25) is 0 Å². The van der Waals surface area contributed by atoms with Crippen molar-refractivity contribution in [3.05, 3.63) is 86.7 Å². The Kier molecular flexibility index (Phi) is 4.10. The molecule has 124 valence electrons. The summed E-state index contributed by atoms with van der Waals surface area (Å²) in [5.74, 6) is 0.899. The number of hydrogen-bond donors (Lipinski definition) is 1. The fraction of sp³-hybridized carbons (Fsp3) is 0.190. The molecular formula is C21H17BrN2O. The van der Waals surface area contributed by atoms with Crippen molar-refractivity contribution in [3.8, 4) is 6.07 Å². The van der Waals surface area contributed by atoms with Gasteiger partial charge in [-0.2, -0.15) is 5.26 Å². The average Bonchev–Trinajstić information content (AvgIpc) is 2.81. The van der Waals surface area contributed by atoms with E-state index in [2.05, 4.69) is 40.2 Å². The average molecular weight is 393 g/mol. The summed E-state index contributed by atoms with van der Waals surface area (Å²) in [5.41, 5.74) is 11.2. The Morgan fingerprint density at radius 3 is 2.60 bits per heavy atom. The molecule has 2 aromatic carbocycles. The SMILES string of the molecule is N#CC1=C(N)OC2=C(CCCc3ccccc32)C1c1ccc(Br)cc1. The van der Waals surface area contributed by atoms with E-state index in [-0.39, 0.29) is 11.8 Å². The van der Waals surface area contributed by atoms with Crippen LogP contribution in [-0.2, 0) is 11.2 Å². The van der Waals surface area contributed by atoms with Crippen molar-refractivity contribution in [2.24, 2.45) is 5.73 Å². The minimum absolute atomic E-state index is 0.145. The molecule has 0 saturated heterocycles. The van der Waals surface area contributed by atoms with Crippen molar-refractivity contribution in [2.45, 2.75) is 25.2 Å². The fourth-order valence-electron chi connectivity index (χ4n) is 3.74. The minimum atomic E-state index is -0.145. The van der Waals surface area contributed by atoms with Gasteiger partial charge in [0.1, 0.15) is 17.4 Å². The summed E-state index contributed by atoms with van der Waals surface area (Å²) in [6.45, 7) is 0. The molecule has 2 N–H and O–H groups in total. The van der Waals surface area contributed by atoms with Gasteiger partial charge < -0.3 is 10.5 Å². The van der Waals surface area contributed by atoms with Gasteiger partial charge in [0.05, 0.1) is 0 Å². The molecule has 4 rings (SSSR count). The van der Waals surface area contributed by atoms with E-state index in [0.717, 1.165) is 46.2 Å². The monoisotopic (exact) mass is 392 g/mol.